The number of nitrogens with zero attached hydrogens (tertiary/aromatic N) is 1. The lowest BCUT2D eigenvalue weighted by Gasteiger charge is -2.06. The van der Waals surface area contributed by atoms with E-state index in [0.29, 0.717) is 12.1 Å². The van der Waals surface area contributed by atoms with Gasteiger partial charge in [-0.05, 0) is 23.4 Å². The van der Waals surface area contributed by atoms with Crippen LogP contribution in [0.2, 0.25) is 0 Å². The minimum Gasteiger partial charge on any atom is -0.506 e. The molecule has 0 atom stereocenters. The third-order valence-electron chi connectivity index (χ3n) is 1.40. The summed E-state index contributed by atoms with van der Waals surface area (Å²) in [6.45, 7) is 0. The van der Waals surface area contributed by atoms with Gasteiger partial charge in [-0.15, -0.1) is 4.91 Å². The van der Waals surface area contributed by atoms with Gasteiger partial charge in [-0.1, -0.05) is 0 Å². The number of hydrogen-bond donors (Lipinski definition) is 1. The predicted octanol–water partition coefficient (Wildman–Crippen LogP) is 2.81. The SMILES string of the molecule is O=Nc1ccc(C(F)(F)F)cc1O. The molecule has 0 saturated heterocycles. The zero-order valence-electron chi connectivity index (χ0n) is 6.17. The van der Waals surface area contributed by atoms with Crippen molar-refractivity contribution in [1.82, 2.24) is 0 Å². The number of benzene rings is 1. The number of phenols is 1. The quantitative estimate of drug-likeness (QED) is 0.693. The Morgan fingerprint density at radius 2 is 1.92 bits per heavy atom. The van der Waals surface area contributed by atoms with Gasteiger partial charge in [0.2, 0.25) is 0 Å². The Kier molecular flexibility index (Phi) is 2.22. The van der Waals surface area contributed by atoms with Gasteiger partial charge in [0.25, 0.3) is 0 Å². The third kappa shape index (κ3) is 1.95. The Labute approximate surface area is 70.8 Å². The fourth-order valence-electron chi connectivity index (χ4n) is 0.777. The van der Waals surface area contributed by atoms with Gasteiger partial charge in [0.1, 0.15) is 11.4 Å². The average Bonchev–Trinajstić information content (AvgIpc) is 2.02. The van der Waals surface area contributed by atoms with E-state index in [1.807, 2.05) is 0 Å². The first-order valence-corrected chi connectivity index (χ1v) is 3.18. The molecule has 0 aliphatic rings. The number of phenolic OH excluding ortho intramolecular Hbond substituents is 1. The Morgan fingerprint density at radius 1 is 1.31 bits per heavy atom. The van der Waals surface area contributed by atoms with Crippen molar-refractivity contribution in [2.75, 3.05) is 0 Å². The summed E-state index contributed by atoms with van der Waals surface area (Å²) < 4.78 is 36.0. The second-order valence-electron chi connectivity index (χ2n) is 2.29. The molecule has 13 heavy (non-hydrogen) atoms. The van der Waals surface area contributed by atoms with Crippen LogP contribution in [0.25, 0.3) is 0 Å². The first kappa shape index (κ1) is 9.50. The predicted molar refractivity (Wildman–Crippen MR) is 38.6 cm³/mol. The molecular weight excluding hydrogens is 187 g/mol. The number of rotatable bonds is 1. The van der Waals surface area contributed by atoms with Gasteiger partial charge < -0.3 is 5.11 Å². The molecule has 0 fully saturated rings. The fraction of sp³-hybridized carbons (Fsp3) is 0.143. The highest BCUT2D eigenvalue weighted by atomic mass is 19.4. The molecule has 0 unspecified atom stereocenters. The molecule has 0 bridgehead atoms. The molecule has 0 aliphatic carbocycles. The summed E-state index contributed by atoms with van der Waals surface area (Å²) in [6, 6.07) is 1.94. The molecule has 3 nitrogen and oxygen atoms in total. The van der Waals surface area contributed by atoms with Crippen molar-refractivity contribution in [3.63, 3.8) is 0 Å². The topological polar surface area (TPSA) is 49.7 Å². The normalized spacial score (nSPS) is 11.3. The van der Waals surface area contributed by atoms with Crippen LogP contribution in [-0.2, 0) is 6.18 Å². The molecule has 0 amide bonds. The first-order chi connectivity index (χ1) is 5.95. The molecule has 0 heterocycles. The lowest BCUT2D eigenvalue weighted by molar-refractivity contribution is -0.137. The molecule has 1 aromatic carbocycles. The molecule has 1 rings (SSSR count). The van der Waals surface area contributed by atoms with E-state index in [2.05, 4.69) is 5.18 Å². The first-order valence-electron chi connectivity index (χ1n) is 3.18. The monoisotopic (exact) mass is 191 g/mol. The number of halogens is 3. The second-order valence-corrected chi connectivity index (χ2v) is 2.29. The highest BCUT2D eigenvalue weighted by Crippen LogP contribution is 2.35. The number of nitroso groups, excluding NO2 is 1. The van der Waals surface area contributed by atoms with Crippen molar-refractivity contribution in [2.45, 2.75) is 6.18 Å². The van der Waals surface area contributed by atoms with Crippen molar-refractivity contribution in [2.24, 2.45) is 5.18 Å². The Hall–Kier alpha value is -1.59. The average molecular weight is 191 g/mol. The van der Waals surface area contributed by atoms with Gasteiger partial charge in [-0.25, -0.2) is 0 Å². The maximum atomic E-state index is 12.0. The van der Waals surface area contributed by atoms with Crippen molar-refractivity contribution < 1.29 is 18.3 Å². The van der Waals surface area contributed by atoms with Gasteiger partial charge in [0.05, 0.1) is 5.56 Å². The lowest BCUT2D eigenvalue weighted by Crippen LogP contribution is -2.03. The summed E-state index contributed by atoms with van der Waals surface area (Å²) in [5.41, 5.74) is -1.43. The maximum absolute atomic E-state index is 12.0. The van der Waals surface area contributed by atoms with E-state index in [-0.39, 0.29) is 0 Å². The molecule has 0 aliphatic heterocycles. The summed E-state index contributed by atoms with van der Waals surface area (Å²) in [4.78, 5) is 9.90. The zero-order chi connectivity index (χ0) is 10.1. The summed E-state index contributed by atoms with van der Waals surface area (Å²) in [6.07, 6.45) is -4.53. The Morgan fingerprint density at radius 3 is 2.31 bits per heavy atom. The molecular formula is C7H4F3NO2. The van der Waals surface area contributed by atoms with Crippen LogP contribution in [0.1, 0.15) is 5.56 Å². The zero-order valence-corrected chi connectivity index (χ0v) is 6.17. The molecule has 1 aromatic rings. The van der Waals surface area contributed by atoms with E-state index in [1.54, 1.807) is 0 Å². The molecule has 70 valence electrons. The number of hydrogen-bond acceptors (Lipinski definition) is 3. The molecule has 0 spiro atoms. The van der Waals surface area contributed by atoms with Crippen molar-refractivity contribution in [1.29, 1.82) is 0 Å². The van der Waals surface area contributed by atoms with Crippen LogP contribution in [0.4, 0.5) is 18.9 Å². The van der Waals surface area contributed by atoms with Gasteiger partial charge in [0.15, 0.2) is 0 Å². The van der Waals surface area contributed by atoms with E-state index in [4.69, 9.17) is 5.11 Å². The number of alkyl halides is 3. The highest BCUT2D eigenvalue weighted by Gasteiger charge is 2.31. The molecule has 1 N–H and O–H groups in total. The summed E-state index contributed by atoms with van der Waals surface area (Å²) in [7, 11) is 0. The van der Waals surface area contributed by atoms with Crippen LogP contribution in [0.5, 0.6) is 5.75 Å². The molecule has 6 heteroatoms. The van der Waals surface area contributed by atoms with E-state index in [9.17, 15) is 18.1 Å². The smallest absolute Gasteiger partial charge is 0.416 e. The third-order valence-corrected chi connectivity index (χ3v) is 1.40. The van der Waals surface area contributed by atoms with Crippen LogP contribution in [0.15, 0.2) is 23.4 Å². The van der Waals surface area contributed by atoms with Crippen LogP contribution in [-0.4, -0.2) is 5.11 Å². The lowest BCUT2D eigenvalue weighted by atomic mass is 10.2. The van der Waals surface area contributed by atoms with Crippen LogP contribution >= 0.6 is 0 Å². The summed E-state index contributed by atoms with van der Waals surface area (Å²) >= 11 is 0. The van der Waals surface area contributed by atoms with Crippen LogP contribution < -0.4 is 0 Å². The molecule has 0 aromatic heterocycles. The van der Waals surface area contributed by atoms with Gasteiger partial charge >= 0.3 is 6.18 Å². The summed E-state index contributed by atoms with van der Waals surface area (Å²) in [5.74, 6) is -0.773. The minimum absolute atomic E-state index is 0.409. The molecule has 0 radical (unpaired) electrons. The van der Waals surface area contributed by atoms with Gasteiger partial charge in [-0.3, -0.25) is 0 Å². The fourth-order valence-corrected chi connectivity index (χ4v) is 0.777. The second kappa shape index (κ2) is 3.04. The largest absolute Gasteiger partial charge is 0.506 e. The van der Waals surface area contributed by atoms with E-state index in [0.717, 1.165) is 6.07 Å². The van der Waals surface area contributed by atoms with Crippen molar-refractivity contribution >= 4 is 5.69 Å². The van der Waals surface area contributed by atoms with Crippen LogP contribution in [0, 0.1) is 4.91 Å². The van der Waals surface area contributed by atoms with E-state index < -0.39 is 23.2 Å². The van der Waals surface area contributed by atoms with E-state index >= 15 is 0 Å². The maximum Gasteiger partial charge on any atom is 0.416 e. The Bertz CT molecular complexity index is 335. The van der Waals surface area contributed by atoms with Crippen molar-refractivity contribution in [3.05, 3.63) is 28.7 Å². The minimum atomic E-state index is -4.53. The highest BCUT2D eigenvalue weighted by molar-refractivity contribution is 5.52. The standard InChI is InChI=1S/C7H4F3NO2/c8-7(9,10)4-1-2-5(11-13)6(12)3-4/h1-3,12H. The molecule has 0 saturated carbocycles. The van der Waals surface area contributed by atoms with E-state index in [1.165, 1.54) is 0 Å². The van der Waals surface area contributed by atoms with Gasteiger partial charge in [-0.2, -0.15) is 13.2 Å². The summed E-state index contributed by atoms with van der Waals surface area (Å²) in [5, 5.41) is 11.2. The van der Waals surface area contributed by atoms with Crippen LogP contribution in [0.3, 0.4) is 0 Å². The van der Waals surface area contributed by atoms with Gasteiger partial charge in [0, 0.05) is 0 Å². The number of aromatic hydroxyl groups is 1. The van der Waals surface area contributed by atoms with Crippen molar-refractivity contribution in [3.8, 4) is 5.75 Å². The Balaban J connectivity index is 3.17.